The number of hydrogen-bond donors (Lipinski definition) is 1. The Morgan fingerprint density at radius 2 is 1.77 bits per heavy atom. The minimum Gasteiger partial charge on any atom is -0.326 e. The van der Waals surface area contributed by atoms with Gasteiger partial charge in [-0.15, -0.1) is 0 Å². The summed E-state index contributed by atoms with van der Waals surface area (Å²) >= 11 is 0. The predicted molar refractivity (Wildman–Crippen MR) is 64.2 cm³/mol. The quantitative estimate of drug-likeness (QED) is 0.733. The van der Waals surface area contributed by atoms with Crippen molar-refractivity contribution in [1.82, 2.24) is 4.90 Å². The molecule has 0 unspecified atom stereocenters. The Bertz CT molecular complexity index is 134. The fourth-order valence-corrected chi connectivity index (χ4v) is 3.31. The van der Waals surface area contributed by atoms with Gasteiger partial charge >= 0.3 is 0 Å². The molecule has 78 valence electrons. The van der Waals surface area contributed by atoms with Crippen LogP contribution in [0.2, 0.25) is 0 Å². The van der Waals surface area contributed by atoms with E-state index in [0.717, 1.165) is 6.54 Å². The smallest absolute Gasteiger partial charge is 0.0191 e. The third-order valence-corrected chi connectivity index (χ3v) is 4.76. The summed E-state index contributed by atoms with van der Waals surface area (Å²) in [6, 6.07) is 0.341. The predicted octanol–water partition coefficient (Wildman–Crippen LogP) is 1.67. The molecule has 0 aromatic carbocycles. The van der Waals surface area contributed by atoms with Crippen molar-refractivity contribution in [3.05, 3.63) is 0 Å². The average molecular weight is 220 g/mol. The van der Waals surface area contributed by atoms with Crippen molar-refractivity contribution in [2.24, 2.45) is 11.7 Å². The minimum absolute atomic E-state index is 0.341. The summed E-state index contributed by atoms with van der Waals surface area (Å²) in [7, 11) is 3.98. The van der Waals surface area contributed by atoms with Crippen LogP contribution in [0.1, 0.15) is 13.8 Å². The van der Waals surface area contributed by atoms with Crippen molar-refractivity contribution in [3.8, 4) is 0 Å². The van der Waals surface area contributed by atoms with Crippen LogP contribution in [0.5, 0.6) is 0 Å². The summed E-state index contributed by atoms with van der Waals surface area (Å²) < 4.78 is 0. The summed E-state index contributed by atoms with van der Waals surface area (Å²) in [5.74, 6) is 3.09. The molecule has 2 N–H and O–H groups in total. The lowest BCUT2D eigenvalue weighted by atomic mass is 10.1. The third-order valence-electron chi connectivity index (χ3n) is 2.39. The molecular weight excluding hydrogens is 200 g/mol. The molecule has 0 aromatic heterocycles. The van der Waals surface area contributed by atoms with Gasteiger partial charge in [-0.3, -0.25) is 0 Å². The van der Waals surface area contributed by atoms with Crippen LogP contribution < -0.4 is 5.73 Å². The van der Waals surface area contributed by atoms with Gasteiger partial charge in [-0.1, -0.05) is 35.4 Å². The Morgan fingerprint density at radius 3 is 2.23 bits per heavy atom. The standard InChI is InChI=1S/C9H20N2S2/c1-8(2)9(10)7-11-3-5-12-13-6-4-11/h8-9H,3-7,10H2,1-2H3/t9-/m1/s1. The highest BCUT2D eigenvalue weighted by Crippen LogP contribution is 2.23. The monoisotopic (exact) mass is 220 g/mol. The van der Waals surface area contributed by atoms with Crippen LogP contribution in [0.25, 0.3) is 0 Å². The zero-order chi connectivity index (χ0) is 9.68. The molecule has 0 aromatic rings. The highest BCUT2D eigenvalue weighted by atomic mass is 33.1. The van der Waals surface area contributed by atoms with E-state index in [-0.39, 0.29) is 0 Å². The van der Waals surface area contributed by atoms with Crippen LogP contribution in [0.3, 0.4) is 0 Å². The molecule has 1 rings (SSSR count). The van der Waals surface area contributed by atoms with Gasteiger partial charge in [0.05, 0.1) is 0 Å². The first kappa shape index (κ1) is 11.7. The fraction of sp³-hybridized carbons (Fsp3) is 1.00. The minimum atomic E-state index is 0.341. The maximum Gasteiger partial charge on any atom is 0.0191 e. The molecular formula is C9H20N2S2. The first-order valence-corrected chi connectivity index (χ1v) is 7.41. The normalized spacial score (nSPS) is 23.1. The summed E-state index contributed by atoms with van der Waals surface area (Å²) in [5.41, 5.74) is 6.04. The highest BCUT2D eigenvalue weighted by Gasteiger charge is 2.14. The van der Waals surface area contributed by atoms with Crippen LogP contribution in [-0.4, -0.2) is 42.1 Å². The molecule has 2 nitrogen and oxygen atoms in total. The maximum atomic E-state index is 6.04. The Labute approximate surface area is 89.4 Å². The fourth-order valence-electron chi connectivity index (χ4n) is 1.25. The molecule has 1 saturated heterocycles. The molecule has 4 heteroatoms. The van der Waals surface area contributed by atoms with E-state index in [4.69, 9.17) is 5.73 Å². The lowest BCUT2D eigenvalue weighted by Gasteiger charge is -2.25. The van der Waals surface area contributed by atoms with E-state index in [2.05, 4.69) is 18.7 Å². The SMILES string of the molecule is CC(C)[C@H](N)CN1CCSSCC1. The second-order valence-corrected chi connectivity index (χ2v) is 6.55. The highest BCUT2D eigenvalue weighted by molar-refractivity contribution is 8.76. The van der Waals surface area contributed by atoms with E-state index in [1.807, 2.05) is 21.6 Å². The van der Waals surface area contributed by atoms with Crippen LogP contribution in [0, 0.1) is 5.92 Å². The molecule has 1 fully saturated rings. The Hall–Kier alpha value is 0.620. The van der Waals surface area contributed by atoms with E-state index in [1.54, 1.807) is 0 Å². The number of nitrogens with two attached hydrogens (primary N) is 1. The zero-order valence-corrected chi connectivity index (χ0v) is 10.2. The van der Waals surface area contributed by atoms with Crippen molar-refractivity contribution >= 4 is 21.6 Å². The van der Waals surface area contributed by atoms with Crippen molar-refractivity contribution in [1.29, 1.82) is 0 Å². The topological polar surface area (TPSA) is 29.3 Å². The second-order valence-electron chi connectivity index (χ2n) is 3.85. The second kappa shape index (κ2) is 6.17. The van der Waals surface area contributed by atoms with Crippen molar-refractivity contribution < 1.29 is 0 Å². The van der Waals surface area contributed by atoms with Gasteiger partial charge in [0, 0.05) is 37.2 Å². The van der Waals surface area contributed by atoms with E-state index >= 15 is 0 Å². The molecule has 1 aliphatic heterocycles. The molecule has 1 heterocycles. The van der Waals surface area contributed by atoms with Crippen molar-refractivity contribution in [2.45, 2.75) is 19.9 Å². The number of rotatable bonds is 3. The van der Waals surface area contributed by atoms with Gasteiger partial charge in [-0.25, -0.2) is 0 Å². The van der Waals surface area contributed by atoms with Crippen LogP contribution >= 0.6 is 21.6 Å². The molecule has 0 bridgehead atoms. The molecule has 0 aliphatic carbocycles. The number of nitrogens with zero attached hydrogens (tertiary/aromatic N) is 1. The zero-order valence-electron chi connectivity index (χ0n) is 8.53. The Balaban J connectivity index is 2.25. The molecule has 1 atom stereocenters. The van der Waals surface area contributed by atoms with Gasteiger partial charge in [0.1, 0.15) is 0 Å². The van der Waals surface area contributed by atoms with E-state index in [1.165, 1.54) is 24.6 Å². The first-order valence-electron chi connectivity index (χ1n) is 4.92. The summed E-state index contributed by atoms with van der Waals surface area (Å²) in [6.07, 6.45) is 0. The van der Waals surface area contributed by atoms with Gasteiger partial charge in [0.15, 0.2) is 0 Å². The Kier molecular flexibility index (Phi) is 5.55. The molecule has 0 saturated carbocycles. The third kappa shape index (κ3) is 4.58. The molecule has 0 radical (unpaired) electrons. The van der Waals surface area contributed by atoms with Crippen molar-refractivity contribution in [2.75, 3.05) is 31.1 Å². The van der Waals surface area contributed by atoms with Crippen molar-refractivity contribution in [3.63, 3.8) is 0 Å². The Morgan fingerprint density at radius 1 is 1.23 bits per heavy atom. The van der Waals surface area contributed by atoms with E-state index < -0.39 is 0 Å². The van der Waals surface area contributed by atoms with E-state index in [0.29, 0.717) is 12.0 Å². The van der Waals surface area contributed by atoms with Gasteiger partial charge in [-0.2, -0.15) is 0 Å². The van der Waals surface area contributed by atoms with E-state index in [9.17, 15) is 0 Å². The summed E-state index contributed by atoms with van der Waals surface area (Å²) in [6.45, 7) is 7.88. The molecule has 1 aliphatic rings. The van der Waals surface area contributed by atoms with Gasteiger partial charge < -0.3 is 10.6 Å². The van der Waals surface area contributed by atoms with Gasteiger partial charge in [0.2, 0.25) is 0 Å². The average Bonchev–Trinajstić information content (AvgIpc) is 2.32. The largest absolute Gasteiger partial charge is 0.326 e. The summed E-state index contributed by atoms with van der Waals surface area (Å²) in [5, 5.41) is 0. The molecule has 0 amide bonds. The van der Waals surface area contributed by atoms with Gasteiger partial charge in [0.25, 0.3) is 0 Å². The lowest BCUT2D eigenvalue weighted by molar-refractivity contribution is 0.265. The van der Waals surface area contributed by atoms with Gasteiger partial charge in [-0.05, 0) is 5.92 Å². The molecule has 13 heavy (non-hydrogen) atoms. The lowest BCUT2D eigenvalue weighted by Crippen LogP contribution is -2.42. The summed E-state index contributed by atoms with van der Waals surface area (Å²) in [4.78, 5) is 2.50. The van der Waals surface area contributed by atoms with Crippen LogP contribution in [0.4, 0.5) is 0 Å². The molecule has 0 spiro atoms. The first-order chi connectivity index (χ1) is 6.20. The number of hydrogen-bond acceptors (Lipinski definition) is 4. The van der Waals surface area contributed by atoms with Crippen LogP contribution in [-0.2, 0) is 0 Å². The van der Waals surface area contributed by atoms with Crippen LogP contribution in [0.15, 0.2) is 0 Å². The maximum absolute atomic E-state index is 6.04.